The van der Waals surface area contributed by atoms with Crippen molar-refractivity contribution < 1.29 is 9.53 Å². The van der Waals surface area contributed by atoms with E-state index in [0.29, 0.717) is 5.56 Å². The lowest BCUT2D eigenvalue weighted by Gasteiger charge is -2.30. The Morgan fingerprint density at radius 3 is 2.50 bits per heavy atom. The lowest BCUT2D eigenvalue weighted by Crippen LogP contribution is -2.36. The van der Waals surface area contributed by atoms with Crippen LogP contribution in [0.4, 0.5) is 0 Å². The molecule has 0 saturated heterocycles. The maximum atomic E-state index is 11.5. The molecule has 0 unspecified atom stereocenters. The number of halogens is 1. The lowest BCUT2D eigenvalue weighted by atomic mass is 9.95. The van der Waals surface area contributed by atoms with E-state index >= 15 is 0 Å². The Kier molecular flexibility index (Phi) is 2.73. The second-order valence-electron chi connectivity index (χ2n) is 3.40. The molecular formula is C11H11ClO2. The Bertz CT molecular complexity index is 323. The molecule has 1 aliphatic carbocycles. The molecule has 0 heterocycles. The topological polar surface area (TPSA) is 26.3 Å². The summed E-state index contributed by atoms with van der Waals surface area (Å²) in [5.74, 6) is -0.277. The number of carbonyl (C=O) groups excluding carboxylic acids is 1. The molecule has 1 saturated carbocycles. The largest absolute Gasteiger partial charge is 0.457 e. The molecule has 0 amide bonds. The smallest absolute Gasteiger partial charge is 0.338 e. The normalized spacial score (nSPS) is 25.2. The molecule has 0 aromatic heterocycles. The fraction of sp³-hybridized carbons (Fsp3) is 0.364. The number of alkyl halides is 1. The van der Waals surface area contributed by atoms with Gasteiger partial charge in [-0.05, 0) is 25.0 Å². The van der Waals surface area contributed by atoms with E-state index in [2.05, 4.69) is 0 Å². The summed E-state index contributed by atoms with van der Waals surface area (Å²) in [5, 5.41) is 0.00247. The third-order valence-electron chi connectivity index (χ3n) is 2.40. The first-order valence-electron chi connectivity index (χ1n) is 4.67. The summed E-state index contributed by atoms with van der Waals surface area (Å²) in [6.45, 7) is 0. The van der Waals surface area contributed by atoms with Crippen LogP contribution in [0.3, 0.4) is 0 Å². The molecular weight excluding hydrogens is 200 g/mol. The van der Waals surface area contributed by atoms with Crippen molar-refractivity contribution in [3.8, 4) is 0 Å². The molecule has 1 aromatic carbocycles. The van der Waals surface area contributed by atoms with E-state index in [1.807, 2.05) is 18.2 Å². The molecule has 74 valence electrons. The fourth-order valence-electron chi connectivity index (χ4n) is 1.34. The molecule has 0 N–H and O–H groups in total. The van der Waals surface area contributed by atoms with Gasteiger partial charge in [-0.2, -0.15) is 0 Å². The van der Waals surface area contributed by atoms with Gasteiger partial charge in [0.15, 0.2) is 0 Å². The predicted octanol–water partition coefficient (Wildman–Crippen LogP) is 2.61. The highest BCUT2D eigenvalue weighted by molar-refractivity contribution is 6.21. The quantitative estimate of drug-likeness (QED) is 0.554. The minimum absolute atomic E-state index is 0.00247. The zero-order chi connectivity index (χ0) is 9.97. The van der Waals surface area contributed by atoms with E-state index in [1.165, 1.54) is 0 Å². The Hall–Kier alpha value is -1.02. The maximum Gasteiger partial charge on any atom is 0.338 e. The molecule has 1 fully saturated rings. The number of ether oxygens (including phenoxy) is 1. The number of hydrogen-bond acceptors (Lipinski definition) is 2. The van der Waals surface area contributed by atoms with Crippen LogP contribution in [0, 0.1) is 0 Å². The van der Waals surface area contributed by atoms with Crippen LogP contribution in [-0.4, -0.2) is 17.5 Å². The third-order valence-corrected chi connectivity index (χ3v) is 2.90. The van der Waals surface area contributed by atoms with Crippen molar-refractivity contribution in [2.75, 3.05) is 0 Å². The molecule has 2 rings (SSSR count). The Morgan fingerprint density at radius 1 is 1.29 bits per heavy atom. The van der Waals surface area contributed by atoms with E-state index in [1.54, 1.807) is 12.1 Å². The summed E-state index contributed by atoms with van der Waals surface area (Å²) < 4.78 is 5.21. The first-order valence-corrected chi connectivity index (χ1v) is 5.11. The molecule has 14 heavy (non-hydrogen) atoms. The van der Waals surface area contributed by atoms with Gasteiger partial charge in [-0.1, -0.05) is 18.2 Å². The van der Waals surface area contributed by atoms with Crippen LogP contribution in [0.2, 0.25) is 0 Å². The van der Waals surface area contributed by atoms with Gasteiger partial charge in [0, 0.05) is 0 Å². The van der Waals surface area contributed by atoms with Gasteiger partial charge >= 0.3 is 5.97 Å². The first kappa shape index (κ1) is 9.53. The van der Waals surface area contributed by atoms with E-state index in [4.69, 9.17) is 16.3 Å². The molecule has 3 heteroatoms. The summed E-state index contributed by atoms with van der Waals surface area (Å²) in [6, 6.07) is 8.98. The fourth-order valence-corrected chi connectivity index (χ4v) is 1.64. The average Bonchev–Trinajstić information content (AvgIpc) is 2.24. The van der Waals surface area contributed by atoms with Gasteiger partial charge in [0.2, 0.25) is 0 Å². The van der Waals surface area contributed by atoms with Crippen molar-refractivity contribution >= 4 is 17.6 Å². The highest BCUT2D eigenvalue weighted by atomic mass is 35.5. The van der Waals surface area contributed by atoms with Gasteiger partial charge in [-0.25, -0.2) is 4.79 Å². The molecule has 2 nitrogen and oxygen atoms in total. The van der Waals surface area contributed by atoms with Crippen LogP contribution in [0.1, 0.15) is 23.2 Å². The van der Waals surface area contributed by atoms with Crippen LogP contribution in [0.15, 0.2) is 30.3 Å². The molecule has 0 spiro atoms. The lowest BCUT2D eigenvalue weighted by molar-refractivity contribution is 0.0109. The van der Waals surface area contributed by atoms with Crippen molar-refractivity contribution in [1.29, 1.82) is 0 Å². The number of benzene rings is 1. The van der Waals surface area contributed by atoms with Crippen LogP contribution < -0.4 is 0 Å². The zero-order valence-electron chi connectivity index (χ0n) is 7.65. The van der Waals surface area contributed by atoms with E-state index in [0.717, 1.165) is 12.8 Å². The van der Waals surface area contributed by atoms with Crippen LogP contribution in [0.5, 0.6) is 0 Å². The van der Waals surface area contributed by atoms with Crippen molar-refractivity contribution in [2.45, 2.75) is 24.3 Å². The van der Waals surface area contributed by atoms with Crippen molar-refractivity contribution in [3.63, 3.8) is 0 Å². The summed E-state index contributed by atoms with van der Waals surface area (Å²) in [5.41, 5.74) is 0.586. The van der Waals surface area contributed by atoms with E-state index in [9.17, 15) is 4.79 Å². The maximum absolute atomic E-state index is 11.5. The zero-order valence-corrected chi connectivity index (χ0v) is 8.41. The van der Waals surface area contributed by atoms with Gasteiger partial charge in [-0.3, -0.25) is 0 Å². The number of carbonyl (C=O) groups is 1. The summed E-state index contributed by atoms with van der Waals surface area (Å²) in [7, 11) is 0. The van der Waals surface area contributed by atoms with Gasteiger partial charge < -0.3 is 4.74 Å². The van der Waals surface area contributed by atoms with Crippen molar-refractivity contribution in [1.82, 2.24) is 0 Å². The summed E-state index contributed by atoms with van der Waals surface area (Å²) in [6.07, 6.45) is 1.73. The molecule has 0 radical (unpaired) electrons. The SMILES string of the molecule is O=C(O[C@@H]1CC[C@H]1Cl)c1ccccc1. The van der Waals surface area contributed by atoms with Crippen molar-refractivity contribution in [2.24, 2.45) is 0 Å². The minimum atomic E-state index is -0.277. The second kappa shape index (κ2) is 4.01. The predicted molar refractivity (Wildman–Crippen MR) is 54.5 cm³/mol. The van der Waals surface area contributed by atoms with Gasteiger partial charge in [0.1, 0.15) is 6.10 Å². The Labute approximate surface area is 87.8 Å². The van der Waals surface area contributed by atoms with Gasteiger partial charge in [-0.15, -0.1) is 11.6 Å². The molecule has 2 atom stereocenters. The number of esters is 1. The Morgan fingerprint density at radius 2 is 2.00 bits per heavy atom. The first-order chi connectivity index (χ1) is 6.77. The third kappa shape index (κ3) is 1.90. The van der Waals surface area contributed by atoms with Crippen molar-refractivity contribution in [3.05, 3.63) is 35.9 Å². The molecule has 0 bridgehead atoms. The van der Waals surface area contributed by atoms with Crippen LogP contribution in [-0.2, 0) is 4.74 Å². The molecule has 0 aliphatic heterocycles. The monoisotopic (exact) mass is 210 g/mol. The van der Waals surface area contributed by atoms with E-state index < -0.39 is 0 Å². The van der Waals surface area contributed by atoms with E-state index in [-0.39, 0.29) is 17.5 Å². The van der Waals surface area contributed by atoms with Gasteiger partial charge in [0.05, 0.1) is 10.9 Å². The van der Waals surface area contributed by atoms with Gasteiger partial charge in [0.25, 0.3) is 0 Å². The molecule has 1 aromatic rings. The summed E-state index contributed by atoms with van der Waals surface area (Å²) >= 11 is 5.87. The standard InChI is InChI=1S/C11H11ClO2/c12-9-6-7-10(9)14-11(13)8-4-2-1-3-5-8/h1-5,9-10H,6-7H2/t9-,10-/m1/s1. The van der Waals surface area contributed by atoms with Crippen LogP contribution in [0.25, 0.3) is 0 Å². The highest BCUT2D eigenvalue weighted by Gasteiger charge is 2.32. The summed E-state index contributed by atoms with van der Waals surface area (Å²) in [4.78, 5) is 11.5. The number of hydrogen-bond donors (Lipinski definition) is 0. The highest BCUT2D eigenvalue weighted by Crippen LogP contribution is 2.29. The van der Waals surface area contributed by atoms with Crippen LogP contribution >= 0.6 is 11.6 Å². The minimum Gasteiger partial charge on any atom is -0.457 e. The number of rotatable bonds is 2. The Balaban J connectivity index is 1.96. The second-order valence-corrected chi connectivity index (χ2v) is 3.96. The molecule has 1 aliphatic rings. The average molecular weight is 211 g/mol.